The van der Waals surface area contributed by atoms with Gasteiger partial charge in [0.15, 0.2) is 11.6 Å². The van der Waals surface area contributed by atoms with E-state index in [9.17, 15) is 8.78 Å². The molecule has 0 radical (unpaired) electrons. The van der Waals surface area contributed by atoms with Crippen LogP contribution in [-0.2, 0) is 0 Å². The Morgan fingerprint density at radius 2 is 2.00 bits per heavy atom. The first kappa shape index (κ1) is 12.0. The molecule has 5 heteroatoms. The van der Waals surface area contributed by atoms with E-state index in [2.05, 4.69) is 4.98 Å². The fraction of sp³-hybridized carbons (Fsp3) is 0.0769. The molecule has 0 atom stereocenters. The van der Waals surface area contributed by atoms with Crippen LogP contribution in [0.2, 0.25) is 0 Å². The van der Waals surface area contributed by atoms with E-state index in [1.54, 1.807) is 19.2 Å². The van der Waals surface area contributed by atoms with E-state index in [0.29, 0.717) is 11.4 Å². The molecule has 18 heavy (non-hydrogen) atoms. The number of pyridine rings is 1. The maximum Gasteiger partial charge on any atom is 0.182 e. The first-order valence-electron chi connectivity index (χ1n) is 5.17. The third kappa shape index (κ3) is 2.13. The first-order chi connectivity index (χ1) is 8.63. The second-order valence-corrected chi connectivity index (χ2v) is 3.65. The summed E-state index contributed by atoms with van der Waals surface area (Å²) in [5.41, 5.74) is 0.499. The van der Waals surface area contributed by atoms with Gasteiger partial charge in [0.05, 0.1) is 11.3 Å². The van der Waals surface area contributed by atoms with Crippen molar-refractivity contribution in [3.8, 4) is 6.07 Å². The number of benzene rings is 1. The molecular weight excluding hydrogens is 236 g/mol. The van der Waals surface area contributed by atoms with E-state index in [1.807, 2.05) is 6.07 Å². The molecule has 3 nitrogen and oxygen atoms in total. The Hall–Kier alpha value is -2.48. The van der Waals surface area contributed by atoms with Crippen LogP contribution in [0, 0.1) is 23.0 Å². The van der Waals surface area contributed by atoms with Gasteiger partial charge in [-0.3, -0.25) is 0 Å². The average Bonchev–Trinajstić information content (AvgIpc) is 2.41. The predicted octanol–water partition coefficient (Wildman–Crippen LogP) is 3.00. The fourth-order valence-electron chi connectivity index (χ4n) is 1.53. The third-order valence-corrected chi connectivity index (χ3v) is 2.51. The predicted molar refractivity (Wildman–Crippen MR) is 63.4 cm³/mol. The van der Waals surface area contributed by atoms with Crippen molar-refractivity contribution in [3.05, 3.63) is 53.7 Å². The fourth-order valence-corrected chi connectivity index (χ4v) is 1.53. The molecule has 0 spiro atoms. The van der Waals surface area contributed by atoms with Crippen molar-refractivity contribution < 1.29 is 8.78 Å². The monoisotopic (exact) mass is 245 g/mol. The van der Waals surface area contributed by atoms with E-state index in [1.165, 1.54) is 23.2 Å². The van der Waals surface area contributed by atoms with Crippen LogP contribution in [0.4, 0.5) is 20.3 Å². The molecular formula is C13H9F2N3. The number of aromatic nitrogens is 1. The van der Waals surface area contributed by atoms with Gasteiger partial charge in [-0.1, -0.05) is 6.07 Å². The SMILES string of the molecule is CN(c1ccc(C#N)cn1)c1cccc(F)c1F. The number of hydrogen-bond donors (Lipinski definition) is 0. The number of hydrogen-bond acceptors (Lipinski definition) is 3. The smallest absolute Gasteiger partial charge is 0.182 e. The van der Waals surface area contributed by atoms with Crippen molar-refractivity contribution in [1.82, 2.24) is 4.98 Å². The summed E-state index contributed by atoms with van der Waals surface area (Å²) < 4.78 is 26.7. The van der Waals surface area contributed by atoms with E-state index in [4.69, 9.17) is 5.26 Å². The van der Waals surface area contributed by atoms with Crippen LogP contribution in [0.1, 0.15) is 5.56 Å². The van der Waals surface area contributed by atoms with Gasteiger partial charge in [-0.05, 0) is 24.3 Å². The first-order valence-corrected chi connectivity index (χ1v) is 5.17. The molecule has 2 aromatic rings. The van der Waals surface area contributed by atoms with Gasteiger partial charge in [0.1, 0.15) is 11.9 Å². The Morgan fingerprint density at radius 1 is 1.22 bits per heavy atom. The zero-order valence-corrected chi connectivity index (χ0v) is 9.56. The van der Waals surface area contributed by atoms with Gasteiger partial charge >= 0.3 is 0 Å². The van der Waals surface area contributed by atoms with Gasteiger partial charge in [0.25, 0.3) is 0 Å². The average molecular weight is 245 g/mol. The zero-order chi connectivity index (χ0) is 13.1. The van der Waals surface area contributed by atoms with E-state index < -0.39 is 11.6 Å². The standard InChI is InChI=1S/C13H9F2N3/c1-18(11-4-2-3-10(14)13(11)15)12-6-5-9(7-16)8-17-12/h2-6,8H,1H3. The quantitative estimate of drug-likeness (QED) is 0.816. The molecule has 0 fully saturated rings. The molecule has 0 aliphatic carbocycles. The van der Waals surface area contributed by atoms with Crippen molar-refractivity contribution in [1.29, 1.82) is 5.26 Å². The molecule has 0 bridgehead atoms. The van der Waals surface area contributed by atoms with Crippen molar-refractivity contribution >= 4 is 11.5 Å². The molecule has 1 heterocycles. The van der Waals surface area contributed by atoms with Crippen LogP contribution in [0.25, 0.3) is 0 Å². The number of anilines is 2. The second-order valence-electron chi connectivity index (χ2n) is 3.65. The number of halogens is 2. The Bertz CT molecular complexity index is 603. The summed E-state index contributed by atoms with van der Waals surface area (Å²) in [6.07, 6.45) is 1.38. The Labute approximate surface area is 103 Å². The van der Waals surface area contributed by atoms with Crippen molar-refractivity contribution in [3.63, 3.8) is 0 Å². The van der Waals surface area contributed by atoms with E-state index in [-0.39, 0.29) is 5.69 Å². The van der Waals surface area contributed by atoms with Crippen molar-refractivity contribution in [2.45, 2.75) is 0 Å². The minimum absolute atomic E-state index is 0.0900. The molecule has 0 N–H and O–H groups in total. The van der Waals surface area contributed by atoms with Gasteiger partial charge < -0.3 is 4.90 Å². The van der Waals surface area contributed by atoms with Gasteiger partial charge in [-0.25, -0.2) is 13.8 Å². The maximum atomic E-state index is 13.6. The van der Waals surface area contributed by atoms with Crippen LogP contribution in [0.15, 0.2) is 36.5 Å². The Balaban J connectivity index is 2.38. The lowest BCUT2D eigenvalue weighted by molar-refractivity contribution is 0.509. The molecule has 0 saturated carbocycles. The molecule has 1 aromatic heterocycles. The highest BCUT2D eigenvalue weighted by atomic mass is 19.2. The molecule has 0 aliphatic rings. The van der Waals surface area contributed by atoms with Gasteiger partial charge in [-0.15, -0.1) is 0 Å². The van der Waals surface area contributed by atoms with Crippen LogP contribution in [-0.4, -0.2) is 12.0 Å². The van der Waals surface area contributed by atoms with E-state index >= 15 is 0 Å². The minimum atomic E-state index is -0.925. The van der Waals surface area contributed by atoms with Gasteiger partial charge in [0, 0.05) is 13.2 Å². The second kappa shape index (κ2) is 4.80. The van der Waals surface area contributed by atoms with Crippen molar-refractivity contribution in [2.75, 3.05) is 11.9 Å². The molecule has 0 aliphatic heterocycles. The Morgan fingerprint density at radius 3 is 2.61 bits per heavy atom. The zero-order valence-electron chi connectivity index (χ0n) is 9.56. The summed E-state index contributed by atoms with van der Waals surface area (Å²) in [5, 5.41) is 8.65. The topological polar surface area (TPSA) is 39.9 Å². The van der Waals surface area contributed by atoms with Crippen molar-refractivity contribution in [2.24, 2.45) is 0 Å². The summed E-state index contributed by atoms with van der Waals surface area (Å²) >= 11 is 0. The summed E-state index contributed by atoms with van der Waals surface area (Å²) in [7, 11) is 1.58. The van der Waals surface area contributed by atoms with Gasteiger partial charge in [0.2, 0.25) is 0 Å². The lowest BCUT2D eigenvalue weighted by Gasteiger charge is -2.18. The van der Waals surface area contributed by atoms with Crippen LogP contribution >= 0.6 is 0 Å². The number of nitriles is 1. The highest BCUT2D eigenvalue weighted by Crippen LogP contribution is 2.25. The maximum absolute atomic E-state index is 13.6. The molecule has 90 valence electrons. The highest BCUT2D eigenvalue weighted by molar-refractivity contribution is 5.60. The van der Waals surface area contributed by atoms with Gasteiger partial charge in [-0.2, -0.15) is 5.26 Å². The van der Waals surface area contributed by atoms with Crippen LogP contribution in [0.3, 0.4) is 0 Å². The Kier molecular flexibility index (Phi) is 3.20. The minimum Gasteiger partial charge on any atom is -0.327 e. The summed E-state index contributed by atoms with van der Waals surface area (Å²) in [6.45, 7) is 0. The number of nitrogens with zero attached hydrogens (tertiary/aromatic N) is 3. The largest absolute Gasteiger partial charge is 0.327 e. The summed E-state index contributed by atoms with van der Waals surface area (Å²) in [6, 6.07) is 9.01. The third-order valence-electron chi connectivity index (χ3n) is 2.51. The highest BCUT2D eigenvalue weighted by Gasteiger charge is 2.13. The lowest BCUT2D eigenvalue weighted by atomic mass is 10.2. The molecule has 0 unspecified atom stereocenters. The lowest BCUT2D eigenvalue weighted by Crippen LogP contribution is -2.13. The molecule has 0 amide bonds. The van der Waals surface area contributed by atoms with Crippen LogP contribution < -0.4 is 4.90 Å². The summed E-state index contributed by atoms with van der Waals surface area (Å²) in [4.78, 5) is 5.43. The normalized spacial score (nSPS) is 9.89. The molecule has 0 saturated heterocycles. The summed E-state index contributed by atoms with van der Waals surface area (Å²) in [5.74, 6) is -1.40. The van der Waals surface area contributed by atoms with E-state index in [0.717, 1.165) is 6.07 Å². The molecule has 2 rings (SSSR count). The number of rotatable bonds is 2. The molecule has 1 aromatic carbocycles. The van der Waals surface area contributed by atoms with Crippen LogP contribution in [0.5, 0.6) is 0 Å².